The van der Waals surface area contributed by atoms with Gasteiger partial charge in [-0.1, -0.05) is 90.3 Å². The van der Waals surface area contributed by atoms with Gasteiger partial charge in [0.1, 0.15) is 23.4 Å². The summed E-state index contributed by atoms with van der Waals surface area (Å²) in [7, 11) is 1.55. The van der Waals surface area contributed by atoms with Crippen LogP contribution in [0.15, 0.2) is 71.8 Å². The van der Waals surface area contributed by atoms with Crippen molar-refractivity contribution in [1.29, 1.82) is 5.26 Å². The summed E-state index contributed by atoms with van der Waals surface area (Å²) in [4.78, 5) is 49.0. The number of nitriles is 1. The van der Waals surface area contributed by atoms with Crippen LogP contribution >= 0.6 is 11.6 Å². The summed E-state index contributed by atoms with van der Waals surface area (Å²) in [5.74, 6) is 2.20. The Morgan fingerprint density at radius 1 is 0.853 bits per heavy atom. The van der Waals surface area contributed by atoms with Gasteiger partial charge in [-0.2, -0.15) is 5.26 Å². The normalized spacial score (nSPS) is 15.2. The van der Waals surface area contributed by atoms with Crippen molar-refractivity contribution in [2.24, 2.45) is 22.7 Å². The lowest BCUT2D eigenvalue weighted by molar-refractivity contribution is -0.126. The second kappa shape index (κ2) is 28.5. The monoisotopic (exact) mass is 954 g/mol. The van der Waals surface area contributed by atoms with Gasteiger partial charge in [-0.05, 0) is 138 Å². The number of methoxy groups -OCH3 is 1. The number of allylic oxidation sites excluding steroid dienone is 2. The number of nitrogens with one attached hydrogen (secondary N) is 2. The Labute approximate surface area is 413 Å². The molecule has 3 aromatic rings. The molecule has 2 N–H and O–H groups in total. The van der Waals surface area contributed by atoms with Gasteiger partial charge in [0, 0.05) is 66.9 Å². The number of hydrogen-bond donors (Lipinski definition) is 2. The minimum Gasteiger partial charge on any atom is -0.497 e. The predicted molar refractivity (Wildman–Crippen MR) is 276 cm³/mol. The van der Waals surface area contributed by atoms with Crippen molar-refractivity contribution < 1.29 is 33.4 Å². The number of nitrogens with zero attached hydrogens (tertiary/aromatic N) is 1. The second-order valence-electron chi connectivity index (χ2n) is 19.8. The molecule has 11 heteroatoms. The van der Waals surface area contributed by atoms with Gasteiger partial charge in [0.05, 0.1) is 29.9 Å². The zero-order valence-corrected chi connectivity index (χ0v) is 43.8. The van der Waals surface area contributed by atoms with E-state index in [1.54, 1.807) is 49.4 Å². The molecule has 2 aliphatic carbocycles. The Kier molecular flexibility index (Phi) is 24.0. The number of amides is 1. The fourth-order valence-electron chi connectivity index (χ4n) is 9.22. The van der Waals surface area contributed by atoms with Crippen molar-refractivity contribution in [1.82, 2.24) is 5.32 Å². The van der Waals surface area contributed by atoms with Crippen LogP contribution in [0.25, 0.3) is 0 Å². The standard InChI is InChI=1S/C34H48N2O5.C15H26O.C8H6ClNO/c1-7-29(38)27-13-11-14-28(30(27)24(2)37)35-19-12-21-40-20-9-8-10-22-41-26-17-15-25(16-18-26)31(39)36-32-33(3,4)23-34(32,5)6;1-5-11(2)15(16)13(4)10-9-12(3)14-7-6-8-14;1-11-7-3-2-6(5-10)8(9)4-7/h11,13-18,32,35H,7-10,12,19-23H2,1-6H3,(H,36,39);11,13H,5-10H2,1-4H3;2-4H,1H3. The molecule has 10 nitrogen and oxygen atoms in total. The van der Waals surface area contributed by atoms with Crippen LogP contribution in [0.2, 0.25) is 5.02 Å². The Bertz CT molecular complexity index is 2170. The molecule has 2 unspecified atom stereocenters. The molecule has 2 atom stereocenters. The molecular weight excluding hydrogens is 874 g/mol. The van der Waals surface area contributed by atoms with Crippen molar-refractivity contribution in [3.05, 3.63) is 99.1 Å². The molecule has 68 heavy (non-hydrogen) atoms. The lowest BCUT2D eigenvalue weighted by Gasteiger charge is -2.57. The third-order valence-corrected chi connectivity index (χ3v) is 13.6. The number of Topliss-reactive ketones (excluding diaryl/α,β-unsaturated/α-hetero) is 3. The van der Waals surface area contributed by atoms with E-state index in [1.165, 1.54) is 26.2 Å². The van der Waals surface area contributed by atoms with Crippen LogP contribution in [0.1, 0.15) is 183 Å². The first-order chi connectivity index (χ1) is 32.3. The van der Waals surface area contributed by atoms with E-state index in [1.807, 2.05) is 42.5 Å². The Balaban J connectivity index is 0.000000366. The topological polar surface area (TPSA) is 144 Å². The summed E-state index contributed by atoms with van der Waals surface area (Å²) >= 11 is 5.71. The number of hydrogen-bond acceptors (Lipinski definition) is 9. The van der Waals surface area contributed by atoms with E-state index in [0.29, 0.717) is 77.3 Å². The van der Waals surface area contributed by atoms with Crippen LogP contribution in [0, 0.1) is 34.0 Å². The zero-order chi connectivity index (χ0) is 50.4. The molecule has 3 aromatic carbocycles. The summed E-state index contributed by atoms with van der Waals surface area (Å²) < 4.78 is 16.5. The average molecular weight is 955 g/mol. The Morgan fingerprint density at radius 3 is 2.06 bits per heavy atom. The van der Waals surface area contributed by atoms with Crippen molar-refractivity contribution in [2.45, 2.75) is 152 Å². The van der Waals surface area contributed by atoms with Crippen LogP contribution in [0.4, 0.5) is 5.69 Å². The van der Waals surface area contributed by atoms with Crippen LogP contribution < -0.4 is 20.1 Å². The highest BCUT2D eigenvalue weighted by molar-refractivity contribution is 6.31. The van der Waals surface area contributed by atoms with Crippen LogP contribution in [0.3, 0.4) is 0 Å². The number of rotatable bonds is 24. The maximum atomic E-state index is 12.7. The second-order valence-corrected chi connectivity index (χ2v) is 20.2. The molecule has 0 spiro atoms. The number of halogens is 1. The summed E-state index contributed by atoms with van der Waals surface area (Å²) in [5.41, 5.74) is 6.24. The SMILES string of the molecule is CCC(=O)c1cccc(NCCCOCCCCCOc2ccc(C(=O)NC3C(C)(C)CC3(C)C)cc2)c1C(C)=O.CCC(C)C(=O)C(C)CCC(C)=C1CCC1.COc1ccc(C#N)c(Cl)c1. The van der Waals surface area contributed by atoms with Crippen LogP contribution in [-0.2, 0) is 9.53 Å². The van der Waals surface area contributed by atoms with Gasteiger partial charge >= 0.3 is 0 Å². The Hall–Kier alpha value is -4.98. The lowest BCUT2D eigenvalue weighted by atomic mass is 9.52. The number of carbonyl (C=O) groups is 4. The van der Waals surface area contributed by atoms with Gasteiger partial charge in [-0.15, -0.1) is 0 Å². The number of unbranched alkanes of at least 4 members (excludes halogenated alkanes) is 2. The van der Waals surface area contributed by atoms with Gasteiger partial charge in [-0.25, -0.2) is 0 Å². The number of carbonyl (C=O) groups excluding carboxylic acids is 4. The first kappa shape index (κ1) is 57.3. The first-order valence-electron chi connectivity index (χ1n) is 24.8. The lowest BCUT2D eigenvalue weighted by Crippen LogP contribution is -2.63. The maximum absolute atomic E-state index is 12.7. The number of benzene rings is 3. The molecule has 5 rings (SSSR count). The number of anilines is 1. The fraction of sp³-hybridized carbons (Fsp3) is 0.561. The van der Waals surface area contributed by atoms with Crippen LogP contribution in [-0.4, -0.2) is 62.8 Å². The maximum Gasteiger partial charge on any atom is 0.251 e. The third-order valence-electron chi connectivity index (χ3n) is 13.3. The largest absolute Gasteiger partial charge is 0.497 e. The van der Waals surface area contributed by atoms with E-state index in [9.17, 15) is 19.2 Å². The Morgan fingerprint density at radius 2 is 1.50 bits per heavy atom. The van der Waals surface area contributed by atoms with Gasteiger partial charge < -0.3 is 24.8 Å². The third kappa shape index (κ3) is 17.8. The van der Waals surface area contributed by atoms with Crippen molar-refractivity contribution in [2.75, 3.05) is 38.8 Å². The van der Waals surface area contributed by atoms with E-state index in [0.717, 1.165) is 57.1 Å². The van der Waals surface area contributed by atoms with Crippen molar-refractivity contribution in [3.63, 3.8) is 0 Å². The fourth-order valence-corrected chi connectivity index (χ4v) is 9.43. The molecule has 0 aliphatic heterocycles. The molecule has 0 bridgehead atoms. The highest BCUT2D eigenvalue weighted by atomic mass is 35.5. The molecular formula is C57H80ClN3O7. The number of ketones is 3. The van der Waals surface area contributed by atoms with E-state index in [-0.39, 0.29) is 46.2 Å². The summed E-state index contributed by atoms with van der Waals surface area (Å²) in [6.45, 7) is 23.2. The molecule has 2 aliphatic rings. The van der Waals surface area contributed by atoms with Crippen LogP contribution in [0.5, 0.6) is 11.5 Å². The van der Waals surface area contributed by atoms with Gasteiger partial charge in [-0.3, -0.25) is 19.2 Å². The van der Waals surface area contributed by atoms with Gasteiger partial charge in [0.15, 0.2) is 11.6 Å². The minimum absolute atomic E-state index is 0.0255. The molecule has 372 valence electrons. The highest BCUT2D eigenvalue weighted by Crippen LogP contribution is 2.53. The van der Waals surface area contributed by atoms with E-state index >= 15 is 0 Å². The first-order valence-corrected chi connectivity index (χ1v) is 25.1. The molecule has 2 fully saturated rings. The molecule has 0 saturated heterocycles. The highest BCUT2D eigenvalue weighted by Gasteiger charge is 2.53. The van der Waals surface area contributed by atoms with Crippen molar-refractivity contribution in [3.8, 4) is 17.6 Å². The predicted octanol–water partition coefficient (Wildman–Crippen LogP) is 13.8. The molecule has 2 saturated carbocycles. The van der Waals surface area contributed by atoms with E-state index in [2.05, 4.69) is 66.0 Å². The van der Waals surface area contributed by atoms with E-state index < -0.39 is 0 Å². The zero-order valence-electron chi connectivity index (χ0n) is 43.0. The van der Waals surface area contributed by atoms with Gasteiger partial charge in [0.2, 0.25) is 0 Å². The average Bonchev–Trinajstić information content (AvgIpc) is 3.30. The quantitative estimate of drug-likeness (QED) is 0.0509. The molecule has 0 heterocycles. The summed E-state index contributed by atoms with van der Waals surface area (Å²) in [6.07, 6.45) is 12.3. The number of ether oxygens (including phenoxy) is 3. The van der Waals surface area contributed by atoms with Crippen molar-refractivity contribution >= 4 is 40.5 Å². The van der Waals surface area contributed by atoms with E-state index in [4.69, 9.17) is 31.1 Å². The molecule has 0 aromatic heterocycles. The minimum atomic E-state index is -0.109. The molecule has 0 radical (unpaired) electrons. The molecule has 1 amide bonds. The summed E-state index contributed by atoms with van der Waals surface area (Å²) in [6, 6.07) is 19.8. The van der Waals surface area contributed by atoms with Gasteiger partial charge in [0.25, 0.3) is 5.91 Å². The summed E-state index contributed by atoms with van der Waals surface area (Å²) in [5, 5.41) is 15.4. The smallest absolute Gasteiger partial charge is 0.251 e.